The van der Waals surface area contributed by atoms with Crippen LogP contribution in [0.25, 0.3) is 28.4 Å². The highest BCUT2D eigenvalue weighted by Crippen LogP contribution is 2.25. The van der Waals surface area contributed by atoms with Gasteiger partial charge in [-0.25, -0.2) is 14.8 Å². The second-order valence-corrected chi connectivity index (χ2v) is 6.90. The number of nitrogens with zero attached hydrogens (tertiary/aromatic N) is 3. The van der Waals surface area contributed by atoms with Crippen LogP contribution >= 0.6 is 0 Å². The van der Waals surface area contributed by atoms with Gasteiger partial charge < -0.3 is 9.67 Å². The van der Waals surface area contributed by atoms with E-state index in [0.29, 0.717) is 17.7 Å². The highest BCUT2D eigenvalue weighted by atomic mass is 16.4. The van der Waals surface area contributed by atoms with Crippen LogP contribution in [0.2, 0.25) is 0 Å². The number of fused-ring (bicyclic) bond motifs is 1. The lowest BCUT2D eigenvalue weighted by Gasteiger charge is -2.10. The zero-order valence-corrected chi connectivity index (χ0v) is 16.3. The lowest BCUT2D eigenvalue weighted by Crippen LogP contribution is -2.03. The van der Waals surface area contributed by atoms with Gasteiger partial charge in [-0.15, -0.1) is 0 Å². The number of carboxylic acid groups (broad SMARTS) is 1. The number of aromatic nitrogens is 3. The van der Waals surface area contributed by atoms with Crippen molar-refractivity contribution in [2.75, 3.05) is 0 Å². The minimum atomic E-state index is -0.924. The Bertz CT molecular complexity index is 1220. The number of imidazole rings is 1. The molecule has 29 heavy (non-hydrogen) atoms. The molecular formula is C24H21N3O2. The van der Waals surface area contributed by atoms with Gasteiger partial charge in [0.15, 0.2) is 5.65 Å². The van der Waals surface area contributed by atoms with E-state index in [0.717, 1.165) is 33.7 Å². The molecule has 1 N–H and O–H groups in total. The third-order valence-electron chi connectivity index (χ3n) is 4.94. The summed E-state index contributed by atoms with van der Waals surface area (Å²) in [6, 6.07) is 17.0. The highest BCUT2D eigenvalue weighted by molar-refractivity contribution is 5.96. The maximum absolute atomic E-state index is 11.5. The number of hydrogen-bond acceptors (Lipinski definition) is 3. The molecule has 0 unspecified atom stereocenters. The Balaban J connectivity index is 1.71. The van der Waals surface area contributed by atoms with Gasteiger partial charge in [-0.1, -0.05) is 48.5 Å². The number of benzene rings is 2. The minimum absolute atomic E-state index is 0.302. The summed E-state index contributed by atoms with van der Waals surface area (Å²) in [6.07, 6.45) is 5.76. The number of aromatic carboxylic acids is 1. The second-order valence-electron chi connectivity index (χ2n) is 6.90. The predicted molar refractivity (Wildman–Crippen MR) is 115 cm³/mol. The predicted octanol–water partition coefficient (Wildman–Crippen LogP) is 5.19. The molecule has 4 rings (SSSR count). The Hall–Kier alpha value is -3.73. The Labute approximate surface area is 169 Å². The fraction of sp³-hybridized carbons (Fsp3) is 0.125. The maximum atomic E-state index is 11.5. The van der Waals surface area contributed by atoms with Gasteiger partial charge in [0, 0.05) is 6.20 Å². The molecule has 5 nitrogen and oxygen atoms in total. The van der Waals surface area contributed by atoms with Crippen molar-refractivity contribution in [3.63, 3.8) is 0 Å². The number of carbonyl (C=O) groups is 1. The molecule has 2 aromatic carbocycles. The molecule has 0 atom stereocenters. The summed E-state index contributed by atoms with van der Waals surface area (Å²) in [5.41, 5.74) is 5.85. The largest absolute Gasteiger partial charge is 0.478 e. The van der Waals surface area contributed by atoms with E-state index in [1.165, 1.54) is 0 Å². The minimum Gasteiger partial charge on any atom is -0.478 e. The molecular weight excluding hydrogens is 362 g/mol. The first kappa shape index (κ1) is 18.6. The van der Waals surface area contributed by atoms with Crippen LogP contribution in [-0.4, -0.2) is 25.6 Å². The number of rotatable bonds is 5. The monoisotopic (exact) mass is 383 g/mol. The van der Waals surface area contributed by atoms with Crippen LogP contribution in [0.1, 0.15) is 34.2 Å². The summed E-state index contributed by atoms with van der Waals surface area (Å²) in [7, 11) is 0. The van der Waals surface area contributed by atoms with Gasteiger partial charge in [-0.3, -0.25) is 0 Å². The lowest BCUT2D eigenvalue weighted by atomic mass is 9.99. The Kier molecular flexibility index (Phi) is 4.96. The van der Waals surface area contributed by atoms with Crippen LogP contribution in [-0.2, 0) is 6.54 Å². The number of pyridine rings is 1. The quantitative estimate of drug-likeness (QED) is 0.515. The molecule has 144 valence electrons. The molecule has 0 saturated carbocycles. The third-order valence-corrected chi connectivity index (χ3v) is 4.94. The summed E-state index contributed by atoms with van der Waals surface area (Å²) >= 11 is 0. The molecule has 2 heterocycles. The van der Waals surface area contributed by atoms with Crippen molar-refractivity contribution in [2.24, 2.45) is 0 Å². The first-order valence-corrected chi connectivity index (χ1v) is 9.44. The first-order chi connectivity index (χ1) is 14.1. The van der Waals surface area contributed by atoms with E-state index in [1.807, 2.05) is 68.5 Å². The smallest absolute Gasteiger partial charge is 0.336 e. The molecule has 0 aliphatic heterocycles. The number of allylic oxidation sites excluding steroid dienone is 1. The SMILES string of the molecule is CC=Cc1nc2c(C)ccnc2n1Cc1ccc(-c2ccccc2C(=O)O)cc1. The summed E-state index contributed by atoms with van der Waals surface area (Å²) < 4.78 is 2.10. The average molecular weight is 383 g/mol. The molecule has 0 bridgehead atoms. The van der Waals surface area contributed by atoms with Gasteiger partial charge in [0.1, 0.15) is 11.3 Å². The molecule has 0 aliphatic carbocycles. The van der Waals surface area contributed by atoms with Gasteiger partial charge in [-0.05, 0) is 54.3 Å². The van der Waals surface area contributed by atoms with Crippen molar-refractivity contribution >= 4 is 23.2 Å². The fourth-order valence-electron chi connectivity index (χ4n) is 3.48. The summed E-state index contributed by atoms with van der Waals surface area (Å²) in [4.78, 5) is 20.8. The van der Waals surface area contributed by atoms with Crippen LogP contribution in [0.3, 0.4) is 0 Å². The van der Waals surface area contributed by atoms with Crippen LogP contribution in [0.4, 0.5) is 0 Å². The molecule has 2 aromatic heterocycles. The van der Waals surface area contributed by atoms with E-state index in [-0.39, 0.29) is 0 Å². The zero-order chi connectivity index (χ0) is 20.4. The molecule has 0 saturated heterocycles. The normalized spacial score (nSPS) is 11.4. The van der Waals surface area contributed by atoms with Crippen molar-refractivity contribution in [1.29, 1.82) is 0 Å². The zero-order valence-electron chi connectivity index (χ0n) is 16.3. The van der Waals surface area contributed by atoms with Crippen molar-refractivity contribution in [1.82, 2.24) is 14.5 Å². The van der Waals surface area contributed by atoms with Crippen LogP contribution in [0.5, 0.6) is 0 Å². The number of carboxylic acids is 1. The van der Waals surface area contributed by atoms with E-state index >= 15 is 0 Å². The second kappa shape index (κ2) is 7.72. The topological polar surface area (TPSA) is 68.0 Å². The maximum Gasteiger partial charge on any atom is 0.336 e. The molecule has 0 aliphatic rings. The summed E-state index contributed by atoms with van der Waals surface area (Å²) in [5, 5.41) is 9.43. The van der Waals surface area contributed by atoms with Gasteiger partial charge in [-0.2, -0.15) is 0 Å². The van der Waals surface area contributed by atoms with Crippen molar-refractivity contribution in [3.8, 4) is 11.1 Å². The lowest BCUT2D eigenvalue weighted by molar-refractivity contribution is 0.0697. The van der Waals surface area contributed by atoms with Crippen molar-refractivity contribution in [3.05, 3.63) is 89.4 Å². The Morgan fingerprint density at radius 1 is 1.10 bits per heavy atom. The van der Waals surface area contributed by atoms with E-state index in [1.54, 1.807) is 18.3 Å². The van der Waals surface area contributed by atoms with Gasteiger partial charge >= 0.3 is 5.97 Å². The Morgan fingerprint density at radius 2 is 1.86 bits per heavy atom. The van der Waals surface area contributed by atoms with Crippen LogP contribution in [0.15, 0.2) is 66.9 Å². The standard InChI is InChI=1S/C24H21N3O2/c1-3-6-21-26-22-16(2)13-14-25-23(22)27(21)15-17-9-11-18(12-10-17)19-7-4-5-8-20(19)24(28)29/h3-14H,15H2,1-2H3,(H,28,29). The van der Waals surface area contributed by atoms with Gasteiger partial charge in [0.25, 0.3) is 0 Å². The highest BCUT2D eigenvalue weighted by Gasteiger charge is 2.13. The molecule has 0 fully saturated rings. The molecule has 0 amide bonds. The van der Waals surface area contributed by atoms with Gasteiger partial charge in [0.2, 0.25) is 0 Å². The molecule has 0 radical (unpaired) electrons. The van der Waals surface area contributed by atoms with E-state index < -0.39 is 5.97 Å². The fourth-order valence-corrected chi connectivity index (χ4v) is 3.48. The third kappa shape index (κ3) is 3.55. The van der Waals surface area contributed by atoms with Crippen LogP contribution in [0, 0.1) is 6.92 Å². The van der Waals surface area contributed by atoms with E-state index in [4.69, 9.17) is 4.98 Å². The molecule has 4 aromatic rings. The summed E-state index contributed by atoms with van der Waals surface area (Å²) in [5.74, 6) is -0.0587. The van der Waals surface area contributed by atoms with Crippen molar-refractivity contribution in [2.45, 2.75) is 20.4 Å². The van der Waals surface area contributed by atoms with Crippen molar-refractivity contribution < 1.29 is 9.90 Å². The molecule has 5 heteroatoms. The van der Waals surface area contributed by atoms with Crippen LogP contribution < -0.4 is 0 Å². The van der Waals surface area contributed by atoms with Gasteiger partial charge in [0.05, 0.1) is 12.1 Å². The summed E-state index contributed by atoms with van der Waals surface area (Å²) in [6.45, 7) is 4.64. The van der Waals surface area contributed by atoms with E-state index in [9.17, 15) is 9.90 Å². The Morgan fingerprint density at radius 3 is 2.59 bits per heavy atom. The van der Waals surface area contributed by atoms with E-state index in [2.05, 4.69) is 9.55 Å². The number of hydrogen-bond donors (Lipinski definition) is 1. The first-order valence-electron chi connectivity index (χ1n) is 9.44. The molecule has 0 spiro atoms. The average Bonchev–Trinajstić information content (AvgIpc) is 3.07. The number of aryl methyl sites for hydroxylation is 1.